The molecule has 1 aromatic carbocycles. The Morgan fingerprint density at radius 2 is 2.59 bits per heavy atom. The second-order valence-corrected chi connectivity index (χ2v) is 6.30. The van der Waals surface area contributed by atoms with Gasteiger partial charge in [0.2, 0.25) is 0 Å². The predicted molar refractivity (Wildman–Crippen MR) is 81.6 cm³/mol. The maximum absolute atomic E-state index is 13.3. The topological polar surface area (TPSA) is 38.8 Å². The molecular weight excluding hydrogens is 278 g/mol. The van der Waals surface area contributed by atoms with Crippen molar-refractivity contribution in [1.82, 2.24) is 4.90 Å². The van der Waals surface area contributed by atoms with Crippen molar-refractivity contribution in [1.29, 1.82) is 0 Å². The van der Waals surface area contributed by atoms with E-state index in [1.165, 1.54) is 4.90 Å². The number of likely N-dealkylation sites (N-methyl/N-ethyl adjacent to an activating group) is 1. The smallest absolute Gasteiger partial charge is 0.174 e. The van der Waals surface area contributed by atoms with Gasteiger partial charge in [0.05, 0.1) is 15.3 Å². The molecule has 2 aliphatic carbocycles. The lowest BCUT2D eigenvalue weighted by Gasteiger charge is -2.57. The van der Waals surface area contributed by atoms with Crippen LogP contribution in [0.25, 0.3) is 0 Å². The maximum Gasteiger partial charge on any atom is 0.174 e. The van der Waals surface area contributed by atoms with Gasteiger partial charge in [-0.2, -0.15) is 0 Å². The maximum atomic E-state index is 13.3. The number of benzene rings is 1. The Kier molecular flexibility index (Phi) is 1.13. The van der Waals surface area contributed by atoms with Crippen LogP contribution in [-0.4, -0.2) is 43.4 Å². The summed E-state index contributed by atoms with van der Waals surface area (Å²) in [5.74, 6) is -2.84. The van der Waals surface area contributed by atoms with Crippen molar-refractivity contribution in [2.24, 2.45) is 5.92 Å². The van der Waals surface area contributed by atoms with Crippen LogP contribution in [0, 0.1) is 5.92 Å². The molecule has 1 saturated carbocycles. The molecule has 2 aliphatic heterocycles. The molecule has 4 atom stereocenters. The van der Waals surface area contributed by atoms with E-state index in [1.807, 2.05) is 0 Å². The Labute approximate surface area is 145 Å². The number of piperidine rings is 1. The molecule has 22 heavy (non-hydrogen) atoms. The fourth-order valence-corrected chi connectivity index (χ4v) is 4.69. The monoisotopic (exact) mass is 310 g/mol. The Hall–Kier alpha value is -1.55. The predicted octanol–water partition coefficient (Wildman–Crippen LogP) is 1.93. The van der Waals surface area contributed by atoms with Crippen LogP contribution in [0.1, 0.15) is 45.4 Å². The first kappa shape index (κ1) is 6.16. The first-order valence-electron chi connectivity index (χ1n) is 12.8. The molecule has 5 rings (SSSR count). The summed E-state index contributed by atoms with van der Waals surface area (Å²) in [6, 6.07) is -1.80. The number of methoxy groups -OCH3 is 1. The molecule has 1 aromatic rings. The number of carbonyl (C=O) groups excluding carboxylic acids is 1. The average molecular weight is 310 g/mol. The normalized spacial score (nSPS) is 52.5. The molecule has 4 nitrogen and oxygen atoms in total. The van der Waals surface area contributed by atoms with Crippen LogP contribution >= 0.6 is 0 Å². The lowest BCUT2D eigenvalue weighted by molar-refractivity contribution is -0.138. The van der Waals surface area contributed by atoms with Gasteiger partial charge in [0.15, 0.2) is 23.4 Å². The Morgan fingerprint density at radius 1 is 1.64 bits per heavy atom. The van der Waals surface area contributed by atoms with E-state index in [0.29, 0.717) is 0 Å². The van der Waals surface area contributed by atoms with Crippen molar-refractivity contribution >= 4 is 5.78 Å². The minimum Gasteiger partial charge on any atom is -0.493 e. The molecule has 2 heterocycles. The molecule has 0 radical (unpaired) electrons. The summed E-state index contributed by atoms with van der Waals surface area (Å²) >= 11 is 0. The third kappa shape index (κ3) is 1.27. The van der Waals surface area contributed by atoms with Gasteiger partial charge >= 0.3 is 0 Å². The van der Waals surface area contributed by atoms with Crippen molar-refractivity contribution in [3.8, 4) is 11.5 Å². The highest BCUT2D eigenvalue weighted by Crippen LogP contribution is 2.62. The number of hydrogen-bond donors (Lipinski definition) is 0. The van der Waals surface area contributed by atoms with Gasteiger partial charge in [-0.15, -0.1) is 0 Å². The Bertz CT molecular complexity index is 1080. The van der Waals surface area contributed by atoms with E-state index in [9.17, 15) is 4.79 Å². The number of ketones is 1. The van der Waals surface area contributed by atoms with Crippen LogP contribution in [0.5, 0.6) is 11.5 Å². The molecule has 1 saturated heterocycles. The fourth-order valence-electron chi connectivity index (χ4n) is 4.69. The summed E-state index contributed by atoms with van der Waals surface area (Å²) in [6.45, 7) is -2.55. The van der Waals surface area contributed by atoms with Crippen molar-refractivity contribution in [2.75, 3.05) is 20.6 Å². The fraction of sp³-hybridized carbons (Fsp3) is 0.611. The van der Waals surface area contributed by atoms with Crippen LogP contribution in [0.15, 0.2) is 12.1 Å². The summed E-state index contributed by atoms with van der Waals surface area (Å²) in [4.78, 5) is 14.5. The molecule has 0 N–H and O–H groups in total. The van der Waals surface area contributed by atoms with Crippen LogP contribution in [0.2, 0.25) is 0 Å². The quantitative estimate of drug-likeness (QED) is 0.794. The van der Waals surface area contributed by atoms with Crippen LogP contribution in [0.4, 0.5) is 0 Å². The minimum absolute atomic E-state index is 0.0256. The zero-order chi connectivity index (χ0) is 24.5. The summed E-state index contributed by atoms with van der Waals surface area (Å²) < 4.78 is 99.7. The van der Waals surface area contributed by atoms with E-state index in [-0.39, 0.29) is 48.7 Å². The SMILES string of the molecule is [2H]c1c([2H])c(OC([2H])([2H])[2H])c2c3c1C[C@@H]1[C@@H]4CC([2H])([2H])C(=O)C([2H])(O2)[C@]34CCN1C([2H])([2H])[2H]. The Balaban J connectivity index is 1.84. The standard InChI is InChI=1S/C18H21NO3/c1-19-8-7-18-11-4-5-13(20)17(18)22-16-14(21-2)6-3-10(15(16)18)9-12(11)19/h3,6,11-12,17H,4-5,7-9H2,1-2H3/t11-,12+,17?,18-/m0/s1/i1D3,2D3,3D,5D2,6D,17D. The second kappa shape index (κ2) is 4.05. The minimum atomic E-state index is -3.00. The number of nitrogens with zero attached hydrogens (tertiary/aromatic N) is 1. The molecule has 2 fully saturated rings. The highest BCUT2D eigenvalue weighted by molar-refractivity contribution is 5.89. The van der Waals surface area contributed by atoms with Crippen molar-refractivity contribution in [3.05, 3.63) is 23.2 Å². The van der Waals surface area contributed by atoms with E-state index in [4.69, 9.17) is 24.6 Å². The highest BCUT2D eigenvalue weighted by Gasteiger charge is 2.65. The Morgan fingerprint density at radius 3 is 3.45 bits per heavy atom. The van der Waals surface area contributed by atoms with E-state index in [1.54, 1.807) is 0 Å². The first-order valence-corrected chi connectivity index (χ1v) is 7.32. The molecule has 4 heteroatoms. The first-order chi connectivity index (χ1) is 15.0. The summed E-state index contributed by atoms with van der Waals surface area (Å²) in [7, 11) is -3.00. The van der Waals surface area contributed by atoms with Crippen LogP contribution < -0.4 is 9.47 Å². The van der Waals surface area contributed by atoms with Crippen molar-refractivity contribution in [2.45, 2.75) is 43.2 Å². The molecule has 1 unspecified atom stereocenters. The number of likely N-dealkylation sites (tertiary alicyclic amines) is 1. The van der Waals surface area contributed by atoms with E-state index >= 15 is 0 Å². The van der Waals surface area contributed by atoms with Gasteiger partial charge in [0, 0.05) is 30.2 Å². The second-order valence-electron chi connectivity index (χ2n) is 6.30. The lowest BCUT2D eigenvalue weighted by Crippen LogP contribution is -2.65. The highest BCUT2D eigenvalue weighted by atomic mass is 16.5. The van der Waals surface area contributed by atoms with Gasteiger partial charge in [0.1, 0.15) is 0 Å². The molecule has 0 amide bonds. The van der Waals surface area contributed by atoms with Gasteiger partial charge in [-0.3, -0.25) is 4.79 Å². The van der Waals surface area contributed by atoms with Gasteiger partial charge in [-0.25, -0.2) is 0 Å². The molecule has 116 valence electrons. The average Bonchev–Trinajstić information content (AvgIpc) is 2.91. The van der Waals surface area contributed by atoms with Gasteiger partial charge in [-0.1, -0.05) is 6.04 Å². The van der Waals surface area contributed by atoms with Crippen LogP contribution in [-0.2, 0) is 16.6 Å². The zero-order valence-corrected chi connectivity index (χ0v) is 11.7. The summed E-state index contributed by atoms with van der Waals surface area (Å²) in [5, 5.41) is 0. The van der Waals surface area contributed by atoms with Crippen molar-refractivity contribution < 1.29 is 29.3 Å². The van der Waals surface area contributed by atoms with Gasteiger partial charge in [0.25, 0.3) is 0 Å². The van der Waals surface area contributed by atoms with E-state index in [0.717, 1.165) is 0 Å². The number of hydrogen-bond acceptors (Lipinski definition) is 4. The van der Waals surface area contributed by atoms with E-state index in [2.05, 4.69) is 0 Å². The van der Waals surface area contributed by atoms with Crippen molar-refractivity contribution in [3.63, 3.8) is 0 Å². The summed E-state index contributed by atoms with van der Waals surface area (Å²) in [6.07, 6.45) is -5.40. The molecule has 0 aromatic heterocycles. The van der Waals surface area contributed by atoms with E-state index < -0.39 is 61.4 Å². The largest absolute Gasteiger partial charge is 0.493 e. The molecule has 4 aliphatic rings. The van der Waals surface area contributed by atoms with Crippen LogP contribution in [0.3, 0.4) is 0 Å². The third-order valence-corrected chi connectivity index (χ3v) is 5.57. The summed E-state index contributed by atoms with van der Waals surface area (Å²) in [5.41, 5.74) is -1.05. The number of ether oxygens (including phenoxy) is 2. The number of rotatable bonds is 1. The lowest BCUT2D eigenvalue weighted by atomic mass is 9.52. The van der Waals surface area contributed by atoms with Gasteiger partial charge < -0.3 is 14.4 Å². The van der Waals surface area contributed by atoms with Gasteiger partial charge in [-0.05, 0) is 50.3 Å². The third-order valence-electron chi connectivity index (χ3n) is 5.57. The number of Topliss-reactive ketones (excluding diaryl/α,β-unsaturated/α-hetero) is 1. The zero-order valence-electron chi connectivity index (χ0n) is 22.7. The molecular formula is C18H21NO3. The molecule has 1 spiro atoms. The number of carbonyl (C=O) groups is 1. The molecule has 2 bridgehead atoms.